The van der Waals surface area contributed by atoms with Crippen LogP contribution in [0.5, 0.6) is 0 Å². The van der Waals surface area contributed by atoms with Crippen molar-refractivity contribution in [3.63, 3.8) is 0 Å². The average Bonchev–Trinajstić information content (AvgIpc) is 2.47. The van der Waals surface area contributed by atoms with Gasteiger partial charge in [0.2, 0.25) is 0 Å². The summed E-state index contributed by atoms with van der Waals surface area (Å²) in [6.45, 7) is 1.44. The minimum absolute atomic E-state index is 0.0229. The fraction of sp³-hybridized carbons (Fsp3) is 0.500. The van der Waals surface area contributed by atoms with Crippen LogP contribution in [0.25, 0.3) is 0 Å². The van der Waals surface area contributed by atoms with Crippen LogP contribution >= 0.6 is 0 Å². The summed E-state index contributed by atoms with van der Waals surface area (Å²) < 4.78 is 61.9. The van der Waals surface area contributed by atoms with Crippen molar-refractivity contribution in [2.45, 2.75) is 18.3 Å². The van der Waals surface area contributed by atoms with Gasteiger partial charge in [-0.05, 0) is 25.1 Å². The third kappa shape index (κ3) is 3.60. The second-order valence-corrected chi connectivity index (χ2v) is 7.98. The number of carbonyl (C=O) groups is 1. The number of alkyl halides is 3. The summed E-state index contributed by atoms with van der Waals surface area (Å²) in [5.74, 6) is -0.796. The van der Waals surface area contributed by atoms with Crippen molar-refractivity contribution < 1.29 is 26.4 Å². The van der Waals surface area contributed by atoms with E-state index < -0.39 is 32.7 Å². The zero-order chi connectivity index (χ0) is 17.4. The molecule has 1 aromatic carbocycles. The van der Waals surface area contributed by atoms with Gasteiger partial charge >= 0.3 is 6.18 Å². The Labute approximate surface area is 132 Å². The van der Waals surface area contributed by atoms with Crippen molar-refractivity contribution in [3.05, 3.63) is 29.3 Å². The number of hydrogen-bond donors (Lipinski definition) is 1. The summed E-state index contributed by atoms with van der Waals surface area (Å²) >= 11 is 0. The van der Waals surface area contributed by atoms with E-state index in [1.165, 1.54) is 24.9 Å². The van der Waals surface area contributed by atoms with E-state index in [9.17, 15) is 26.4 Å². The van der Waals surface area contributed by atoms with E-state index in [1.807, 2.05) is 0 Å². The van der Waals surface area contributed by atoms with Crippen LogP contribution in [0.1, 0.15) is 22.8 Å². The number of sulfone groups is 1. The maximum Gasteiger partial charge on any atom is 0.416 e. The van der Waals surface area contributed by atoms with Gasteiger partial charge in [-0.2, -0.15) is 13.2 Å². The number of carbonyl (C=O) groups excluding carboxylic acids is 1. The average molecular weight is 350 g/mol. The molecule has 1 atom stereocenters. The summed E-state index contributed by atoms with van der Waals surface area (Å²) in [7, 11) is -1.74. The third-order valence-corrected chi connectivity index (χ3v) is 6.00. The molecular formula is C14H17F3N2O3S. The van der Waals surface area contributed by atoms with Gasteiger partial charge in [0.1, 0.15) is 0 Å². The summed E-state index contributed by atoms with van der Waals surface area (Å²) in [6.07, 6.45) is -4.56. The Hall–Kier alpha value is -1.77. The van der Waals surface area contributed by atoms with Gasteiger partial charge in [0.15, 0.2) is 9.84 Å². The summed E-state index contributed by atoms with van der Waals surface area (Å²) in [6, 6.07) is 2.88. The van der Waals surface area contributed by atoms with Crippen molar-refractivity contribution in [3.8, 4) is 0 Å². The molecule has 1 fully saturated rings. The molecule has 0 spiro atoms. The van der Waals surface area contributed by atoms with Gasteiger partial charge in [-0.15, -0.1) is 0 Å². The third-order valence-electron chi connectivity index (χ3n) is 3.87. The number of amides is 1. The van der Waals surface area contributed by atoms with Crippen molar-refractivity contribution in [1.82, 2.24) is 4.90 Å². The van der Waals surface area contributed by atoms with Crippen molar-refractivity contribution in [1.29, 1.82) is 0 Å². The van der Waals surface area contributed by atoms with E-state index in [0.29, 0.717) is 0 Å². The summed E-state index contributed by atoms with van der Waals surface area (Å²) in [5.41, 5.74) is -0.768. The lowest BCUT2D eigenvalue weighted by molar-refractivity contribution is -0.137. The van der Waals surface area contributed by atoms with Crippen LogP contribution in [0, 0.1) is 0 Å². The quantitative estimate of drug-likeness (QED) is 0.886. The Morgan fingerprint density at radius 1 is 1.35 bits per heavy atom. The lowest BCUT2D eigenvalue weighted by Gasteiger charge is -2.31. The molecule has 0 bridgehead atoms. The smallest absolute Gasteiger partial charge is 0.387 e. The van der Waals surface area contributed by atoms with E-state index in [-0.39, 0.29) is 30.1 Å². The van der Waals surface area contributed by atoms with Gasteiger partial charge in [0.05, 0.1) is 22.1 Å². The maximum atomic E-state index is 12.8. The summed E-state index contributed by atoms with van der Waals surface area (Å²) in [4.78, 5) is 13.8. The molecule has 1 aliphatic heterocycles. The lowest BCUT2D eigenvalue weighted by Crippen LogP contribution is -2.48. The minimum Gasteiger partial charge on any atom is -0.387 e. The molecule has 1 saturated heterocycles. The molecule has 1 aliphatic rings. The number of nitrogens with one attached hydrogen (secondary N) is 1. The van der Waals surface area contributed by atoms with Gasteiger partial charge in [0.25, 0.3) is 5.91 Å². The number of nitrogens with zero attached hydrogens (tertiary/aromatic N) is 1. The van der Waals surface area contributed by atoms with Gasteiger partial charge in [-0.3, -0.25) is 4.79 Å². The van der Waals surface area contributed by atoms with E-state index >= 15 is 0 Å². The fourth-order valence-electron chi connectivity index (χ4n) is 2.42. The molecule has 1 heterocycles. The van der Waals surface area contributed by atoms with Crippen LogP contribution in [0.3, 0.4) is 0 Å². The second-order valence-electron chi connectivity index (χ2n) is 5.44. The Morgan fingerprint density at radius 3 is 2.52 bits per heavy atom. The number of halogens is 3. The first kappa shape index (κ1) is 17.6. The van der Waals surface area contributed by atoms with Gasteiger partial charge in [0, 0.05) is 25.8 Å². The zero-order valence-corrected chi connectivity index (χ0v) is 13.5. The minimum atomic E-state index is -4.56. The van der Waals surface area contributed by atoms with Gasteiger partial charge in [-0.1, -0.05) is 0 Å². The molecule has 0 saturated carbocycles. The van der Waals surface area contributed by atoms with E-state index in [2.05, 4.69) is 5.32 Å². The Morgan fingerprint density at radius 2 is 2.00 bits per heavy atom. The Bertz CT molecular complexity index is 716. The molecule has 0 unspecified atom stereocenters. The zero-order valence-electron chi connectivity index (χ0n) is 12.6. The van der Waals surface area contributed by atoms with Crippen LogP contribution in [0.15, 0.2) is 18.2 Å². The molecule has 1 aromatic rings. The molecule has 23 heavy (non-hydrogen) atoms. The monoisotopic (exact) mass is 350 g/mol. The second kappa shape index (κ2) is 6.03. The molecule has 0 radical (unpaired) electrons. The molecule has 1 amide bonds. The predicted molar refractivity (Wildman–Crippen MR) is 80.1 cm³/mol. The fourth-order valence-corrected chi connectivity index (χ4v) is 3.71. The SMILES string of the molecule is CNc1ccc(C(F)(F)F)cc1C(=O)N1CCS(=O)(=O)[C@@H](C)C1. The highest BCUT2D eigenvalue weighted by Gasteiger charge is 2.35. The van der Waals surface area contributed by atoms with Gasteiger partial charge in [-0.25, -0.2) is 8.42 Å². The molecule has 9 heteroatoms. The largest absolute Gasteiger partial charge is 0.416 e. The first-order chi connectivity index (χ1) is 10.6. The van der Waals surface area contributed by atoms with Crippen LogP contribution in [0.4, 0.5) is 18.9 Å². The molecule has 0 aliphatic carbocycles. The van der Waals surface area contributed by atoms with Gasteiger partial charge < -0.3 is 10.2 Å². The number of benzene rings is 1. The van der Waals surface area contributed by atoms with Crippen molar-refractivity contribution >= 4 is 21.4 Å². The standard InChI is InChI=1S/C14H17F3N2O3S/c1-9-8-19(5-6-23(9,21)22)13(20)11-7-10(14(15,16)17)3-4-12(11)18-2/h3-4,7,9,18H,5-6,8H2,1-2H3/t9-/m0/s1. The van der Waals surface area contributed by atoms with E-state index in [4.69, 9.17) is 0 Å². The first-order valence-corrected chi connectivity index (χ1v) is 8.67. The highest BCUT2D eigenvalue weighted by Crippen LogP contribution is 2.32. The number of rotatable bonds is 2. The molecule has 128 valence electrons. The number of anilines is 1. The Balaban J connectivity index is 2.35. The lowest BCUT2D eigenvalue weighted by atomic mass is 10.1. The van der Waals surface area contributed by atoms with E-state index in [0.717, 1.165) is 12.1 Å². The van der Waals surface area contributed by atoms with Crippen LogP contribution < -0.4 is 5.32 Å². The Kier molecular flexibility index (Phi) is 4.61. The topological polar surface area (TPSA) is 66.5 Å². The van der Waals surface area contributed by atoms with Crippen LogP contribution in [-0.2, 0) is 16.0 Å². The first-order valence-electron chi connectivity index (χ1n) is 6.96. The van der Waals surface area contributed by atoms with Crippen molar-refractivity contribution in [2.75, 3.05) is 31.2 Å². The molecule has 0 aromatic heterocycles. The molecule has 1 N–H and O–H groups in total. The molecular weight excluding hydrogens is 333 g/mol. The predicted octanol–water partition coefficient (Wildman–Crippen LogP) is 2.01. The van der Waals surface area contributed by atoms with E-state index in [1.54, 1.807) is 0 Å². The normalized spacial score (nSPS) is 21.1. The molecule has 2 rings (SSSR count). The maximum absolute atomic E-state index is 12.8. The molecule has 5 nitrogen and oxygen atoms in total. The van der Waals surface area contributed by atoms with Crippen LogP contribution in [-0.4, -0.2) is 50.4 Å². The number of hydrogen-bond acceptors (Lipinski definition) is 4. The summed E-state index contributed by atoms with van der Waals surface area (Å²) in [5, 5.41) is 1.96. The highest BCUT2D eigenvalue weighted by molar-refractivity contribution is 7.92. The van der Waals surface area contributed by atoms with Crippen molar-refractivity contribution in [2.24, 2.45) is 0 Å². The highest BCUT2D eigenvalue weighted by atomic mass is 32.2. The van der Waals surface area contributed by atoms with Crippen LogP contribution in [0.2, 0.25) is 0 Å².